The maximum Gasteiger partial charge on any atom is 0.271 e. The van der Waals surface area contributed by atoms with Crippen molar-refractivity contribution in [2.24, 2.45) is 7.05 Å². The van der Waals surface area contributed by atoms with Crippen molar-refractivity contribution >= 4 is 27.0 Å². The molecule has 17 heavy (non-hydrogen) atoms. The van der Waals surface area contributed by atoms with E-state index in [0.717, 1.165) is 5.69 Å². The molecule has 5 nitrogen and oxygen atoms in total. The molecular weight excluding hydrogens is 258 g/mol. The lowest BCUT2D eigenvalue weighted by molar-refractivity contribution is 0.603. The summed E-state index contributed by atoms with van der Waals surface area (Å²) in [6.07, 6.45) is 0. The standard InChI is InChI=1S/C10H13N3O2S2/c1-7-10(8(2)13(3)11-7)12-17(14,15)9-5-4-6-16-9/h4-6,12H,1-3H3. The van der Waals surface area contributed by atoms with Crippen LogP contribution in [0.1, 0.15) is 11.4 Å². The average molecular weight is 271 g/mol. The lowest BCUT2D eigenvalue weighted by atomic mass is 10.3. The molecular formula is C10H13N3O2S2. The molecule has 0 radical (unpaired) electrons. The van der Waals surface area contributed by atoms with Gasteiger partial charge in [-0.1, -0.05) is 6.07 Å². The van der Waals surface area contributed by atoms with Crippen LogP contribution in [0.5, 0.6) is 0 Å². The molecule has 2 rings (SSSR count). The van der Waals surface area contributed by atoms with Gasteiger partial charge in [0.1, 0.15) is 4.21 Å². The minimum absolute atomic E-state index is 0.306. The molecule has 0 spiro atoms. The van der Waals surface area contributed by atoms with E-state index in [9.17, 15) is 8.42 Å². The first-order valence-electron chi connectivity index (χ1n) is 4.98. The number of rotatable bonds is 3. The molecule has 2 aromatic heterocycles. The lowest BCUT2D eigenvalue weighted by Gasteiger charge is -2.06. The fraction of sp³-hybridized carbons (Fsp3) is 0.300. The smallest absolute Gasteiger partial charge is 0.271 e. The predicted molar refractivity (Wildman–Crippen MR) is 67.8 cm³/mol. The van der Waals surface area contributed by atoms with E-state index in [1.54, 1.807) is 36.2 Å². The van der Waals surface area contributed by atoms with Crippen LogP contribution in [-0.4, -0.2) is 18.2 Å². The Kier molecular flexibility index (Phi) is 2.96. The third kappa shape index (κ3) is 2.20. The number of anilines is 1. The Labute approximate surface area is 104 Å². The molecule has 0 fully saturated rings. The first kappa shape index (κ1) is 12.1. The van der Waals surface area contributed by atoms with Crippen molar-refractivity contribution in [1.29, 1.82) is 0 Å². The van der Waals surface area contributed by atoms with Crippen molar-refractivity contribution < 1.29 is 8.42 Å². The van der Waals surface area contributed by atoms with Gasteiger partial charge in [0.2, 0.25) is 0 Å². The highest BCUT2D eigenvalue weighted by atomic mass is 32.2. The summed E-state index contributed by atoms with van der Waals surface area (Å²) < 4.78 is 28.6. The summed E-state index contributed by atoms with van der Waals surface area (Å²) in [7, 11) is -1.70. The fourth-order valence-corrected chi connectivity index (χ4v) is 3.69. The van der Waals surface area contributed by atoms with E-state index in [2.05, 4.69) is 9.82 Å². The van der Waals surface area contributed by atoms with E-state index in [1.807, 2.05) is 6.92 Å². The van der Waals surface area contributed by atoms with E-state index < -0.39 is 10.0 Å². The number of hydrogen-bond acceptors (Lipinski definition) is 4. The predicted octanol–water partition coefficient (Wildman–Crippen LogP) is 1.90. The monoisotopic (exact) mass is 271 g/mol. The molecule has 0 aromatic carbocycles. The Morgan fingerprint density at radius 3 is 2.59 bits per heavy atom. The van der Waals surface area contributed by atoms with Crippen LogP contribution in [-0.2, 0) is 17.1 Å². The van der Waals surface area contributed by atoms with Crippen molar-refractivity contribution in [3.63, 3.8) is 0 Å². The van der Waals surface area contributed by atoms with Crippen LogP contribution >= 0.6 is 11.3 Å². The minimum atomic E-state index is -3.49. The van der Waals surface area contributed by atoms with Crippen LogP contribution in [0.3, 0.4) is 0 Å². The Morgan fingerprint density at radius 2 is 2.12 bits per heavy atom. The lowest BCUT2D eigenvalue weighted by Crippen LogP contribution is -2.12. The third-order valence-electron chi connectivity index (χ3n) is 2.51. The van der Waals surface area contributed by atoms with E-state index in [1.165, 1.54) is 11.3 Å². The molecule has 0 saturated carbocycles. The third-order valence-corrected chi connectivity index (χ3v) is 5.25. The molecule has 2 aromatic rings. The number of aromatic nitrogens is 2. The number of sulfonamides is 1. The van der Waals surface area contributed by atoms with Crippen LogP contribution < -0.4 is 4.72 Å². The molecule has 0 bridgehead atoms. The van der Waals surface area contributed by atoms with Gasteiger partial charge in [0.15, 0.2) is 0 Å². The van der Waals surface area contributed by atoms with Gasteiger partial charge < -0.3 is 0 Å². The highest BCUT2D eigenvalue weighted by Gasteiger charge is 2.19. The summed E-state index contributed by atoms with van der Waals surface area (Å²) in [6, 6.07) is 3.29. The summed E-state index contributed by atoms with van der Waals surface area (Å²) in [5.41, 5.74) is 2.02. The van der Waals surface area contributed by atoms with Gasteiger partial charge in [-0.2, -0.15) is 5.10 Å². The van der Waals surface area contributed by atoms with Crippen molar-refractivity contribution in [3.8, 4) is 0 Å². The largest absolute Gasteiger partial charge is 0.275 e. The Bertz CT molecular complexity index is 627. The topological polar surface area (TPSA) is 64.0 Å². The van der Waals surface area contributed by atoms with Gasteiger partial charge in [-0.25, -0.2) is 8.42 Å². The van der Waals surface area contributed by atoms with Crippen LogP contribution in [0.4, 0.5) is 5.69 Å². The molecule has 0 aliphatic heterocycles. The van der Waals surface area contributed by atoms with Gasteiger partial charge in [-0.3, -0.25) is 9.40 Å². The molecule has 92 valence electrons. The van der Waals surface area contributed by atoms with E-state index in [-0.39, 0.29) is 0 Å². The maximum atomic E-state index is 12.0. The van der Waals surface area contributed by atoms with Crippen molar-refractivity contribution in [2.75, 3.05) is 4.72 Å². The molecule has 0 saturated heterocycles. The second-order valence-corrected chi connectivity index (χ2v) is 6.56. The molecule has 0 aliphatic rings. The highest BCUT2D eigenvalue weighted by molar-refractivity contribution is 7.94. The quantitative estimate of drug-likeness (QED) is 0.927. The Morgan fingerprint density at radius 1 is 1.41 bits per heavy atom. The number of nitrogens with one attached hydrogen (secondary N) is 1. The second kappa shape index (κ2) is 4.15. The summed E-state index contributed by atoms with van der Waals surface area (Å²) >= 11 is 1.19. The van der Waals surface area contributed by atoms with Crippen LogP contribution in [0, 0.1) is 13.8 Å². The first-order chi connectivity index (χ1) is 7.92. The molecule has 0 unspecified atom stereocenters. The van der Waals surface area contributed by atoms with Gasteiger partial charge in [0, 0.05) is 7.05 Å². The second-order valence-electron chi connectivity index (χ2n) is 3.71. The number of hydrogen-bond donors (Lipinski definition) is 1. The SMILES string of the molecule is Cc1nn(C)c(C)c1NS(=O)(=O)c1cccs1. The zero-order valence-electron chi connectivity index (χ0n) is 9.76. The number of thiophene rings is 1. The van der Waals surface area contributed by atoms with Gasteiger partial charge in [0.05, 0.1) is 17.1 Å². The Hall–Kier alpha value is -1.34. The van der Waals surface area contributed by atoms with E-state index >= 15 is 0 Å². The molecule has 0 aliphatic carbocycles. The molecule has 0 amide bonds. The van der Waals surface area contributed by atoms with Crippen LogP contribution in [0.2, 0.25) is 0 Å². The zero-order chi connectivity index (χ0) is 12.6. The summed E-state index contributed by atoms with van der Waals surface area (Å²) in [5.74, 6) is 0. The zero-order valence-corrected chi connectivity index (χ0v) is 11.4. The normalized spacial score (nSPS) is 11.7. The minimum Gasteiger partial charge on any atom is -0.275 e. The van der Waals surface area contributed by atoms with Crippen molar-refractivity contribution in [1.82, 2.24) is 9.78 Å². The summed E-state index contributed by atoms with van der Waals surface area (Å²) in [4.78, 5) is 0. The highest BCUT2D eigenvalue weighted by Crippen LogP contribution is 2.24. The molecule has 2 heterocycles. The summed E-state index contributed by atoms with van der Waals surface area (Å²) in [5, 5.41) is 5.90. The van der Waals surface area contributed by atoms with E-state index in [4.69, 9.17) is 0 Å². The first-order valence-corrected chi connectivity index (χ1v) is 7.34. The molecule has 7 heteroatoms. The Balaban J connectivity index is 2.40. The van der Waals surface area contributed by atoms with Crippen molar-refractivity contribution in [2.45, 2.75) is 18.1 Å². The number of aryl methyl sites for hydroxylation is 2. The van der Waals surface area contributed by atoms with Gasteiger partial charge in [-0.05, 0) is 25.3 Å². The molecule has 1 N–H and O–H groups in total. The van der Waals surface area contributed by atoms with Crippen LogP contribution in [0.15, 0.2) is 21.7 Å². The van der Waals surface area contributed by atoms with Crippen molar-refractivity contribution in [3.05, 3.63) is 28.9 Å². The van der Waals surface area contributed by atoms with Crippen LogP contribution in [0.25, 0.3) is 0 Å². The fourth-order valence-electron chi connectivity index (χ4n) is 1.52. The van der Waals surface area contributed by atoms with Gasteiger partial charge in [-0.15, -0.1) is 11.3 Å². The molecule has 0 atom stereocenters. The van der Waals surface area contributed by atoms with Gasteiger partial charge in [0.25, 0.3) is 10.0 Å². The maximum absolute atomic E-state index is 12.0. The van der Waals surface area contributed by atoms with Gasteiger partial charge >= 0.3 is 0 Å². The van der Waals surface area contributed by atoms with E-state index in [0.29, 0.717) is 15.6 Å². The average Bonchev–Trinajstić information content (AvgIpc) is 2.84. The number of nitrogens with zero attached hydrogens (tertiary/aromatic N) is 2. The summed E-state index contributed by atoms with van der Waals surface area (Å²) in [6.45, 7) is 3.60.